The number of nitrogens with one attached hydrogen (secondary N) is 3. The highest BCUT2D eigenvalue weighted by Crippen LogP contribution is 2.28. The number of anilines is 1. The van der Waals surface area contributed by atoms with Gasteiger partial charge in [-0.15, -0.1) is 0 Å². The summed E-state index contributed by atoms with van der Waals surface area (Å²) in [6.45, 7) is 9.67. The minimum atomic E-state index is -1.75. The largest absolute Gasteiger partial charge is 0.345 e. The number of aliphatic imine (C=N–C) groups is 2. The van der Waals surface area contributed by atoms with Gasteiger partial charge in [0.15, 0.2) is 12.0 Å². The number of amides is 1. The molecule has 0 heterocycles. The molecule has 2 rings (SSSR count). The average molecular weight is 527 g/mol. The second-order valence-electron chi connectivity index (χ2n) is 9.17. The Kier molecular flexibility index (Phi) is 11.7. The van der Waals surface area contributed by atoms with Crippen molar-refractivity contribution in [3.05, 3.63) is 77.4 Å². The number of halogens is 2. The number of carbonyl (C=O) groups is 1. The average Bonchev–Trinajstić information content (AvgIpc) is 2.94. The van der Waals surface area contributed by atoms with Crippen molar-refractivity contribution in [1.29, 1.82) is 0 Å². The monoisotopic (exact) mass is 526 g/mol. The maximum absolute atomic E-state index is 14.6. The van der Waals surface area contributed by atoms with Crippen LogP contribution in [0.25, 0.3) is 0 Å². The number of nitrogens with zero attached hydrogens (tertiary/aromatic N) is 2. The number of allylic oxidation sites excluding steroid dienone is 4. The third-order valence-electron chi connectivity index (χ3n) is 6.72. The van der Waals surface area contributed by atoms with Gasteiger partial charge >= 0.3 is 0 Å². The summed E-state index contributed by atoms with van der Waals surface area (Å²) >= 11 is 0. The fourth-order valence-electron chi connectivity index (χ4n) is 3.86. The normalized spacial score (nSPS) is 19.3. The molecule has 5 N–H and O–H groups in total. The van der Waals surface area contributed by atoms with Gasteiger partial charge in [-0.05, 0) is 70.5 Å². The lowest BCUT2D eigenvalue weighted by Crippen LogP contribution is -2.52. The van der Waals surface area contributed by atoms with E-state index < -0.39 is 23.6 Å². The van der Waals surface area contributed by atoms with Gasteiger partial charge in [0.1, 0.15) is 5.83 Å². The first-order valence-electron chi connectivity index (χ1n) is 12.8. The molecule has 0 aromatic heterocycles. The molecule has 38 heavy (non-hydrogen) atoms. The molecular weight excluding hydrogens is 486 g/mol. The molecule has 1 amide bonds. The smallest absolute Gasteiger partial charge is 0.251 e. The maximum Gasteiger partial charge on any atom is 0.251 e. The summed E-state index contributed by atoms with van der Waals surface area (Å²) in [6.07, 6.45) is 7.80. The molecule has 1 aromatic carbocycles. The molecule has 0 radical (unpaired) electrons. The zero-order valence-electron chi connectivity index (χ0n) is 23.1. The van der Waals surface area contributed by atoms with Gasteiger partial charge in [-0.3, -0.25) is 9.79 Å². The molecule has 206 valence electrons. The van der Waals surface area contributed by atoms with E-state index in [0.717, 1.165) is 12.8 Å². The first-order chi connectivity index (χ1) is 18.1. The molecule has 2 atom stereocenters. The van der Waals surface area contributed by atoms with Crippen LogP contribution in [-0.2, 0) is 0 Å². The number of likely N-dealkylation sites (N-methyl/N-ethyl adjacent to an activating group) is 1. The standard InChI is InChI=1S/C29H40F2N6O/c1-7-16-34-27(20(5)35-17-19(4)23-14-15-24(33-6)26(31)25(23)30)36-22-12-10-21(11-13-22)28(38)37-29(8-2,9-3)18-32/h7,10-17,24,26,33H,8-9,18,32H2,1-6H3,(H,34,36)(H,37,38)/b16-7-,19-17+,35-20?. The van der Waals surface area contributed by atoms with Crippen LogP contribution in [0.3, 0.4) is 0 Å². The van der Waals surface area contributed by atoms with Crippen molar-refractivity contribution >= 4 is 23.1 Å². The van der Waals surface area contributed by atoms with E-state index >= 15 is 0 Å². The van der Waals surface area contributed by atoms with Crippen molar-refractivity contribution in [3.8, 4) is 0 Å². The molecule has 0 spiro atoms. The van der Waals surface area contributed by atoms with Gasteiger partial charge in [0.2, 0.25) is 0 Å². The maximum atomic E-state index is 14.6. The van der Waals surface area contributed by atoms with Crippen molar-refractivity contribution in [2.75, 3.05) is 18.9 Å². The van der Waals surface area contributed by atoms with E-state index in [0.29, 0.717) is 34.9 Å². The number of hydrogen-bond acceptors (Lipinski definition) is 5. The quantitative estimate of drug-likeness (QED) is 0.230. The van der Waals surface area contributed by atoms with Gasteiger partial charge in [-0.1, -0.05) is 32.1 Å². The Labute approximate surface area is 224 Å². The molecule has 1 aliphatic rings. The molecule has 0 bridgehead atoms. The van der Waals surface area contributed by atoms with Crippen LogP contribution in [0, 0.1) is 0 Å². The summed E-state index contributed by atoms with van der Waals surface area (Å²) < 4.78 is 28.8. The van der Waals surface area contributed by atoms with E-state index in [-0.39, 0.29) is 11.5 Å². The van der Waals surface area contributed by atoms with Gasteiger partial charge < -0.3 is 21.7 Å². The SMILES string of the molecule is C/C=C\N=C(Nc1ccc(C(=O)NC(CC)(CC)CN)cc1)C(C)=N/C=C(\C)C1=C(F)C(F)C(NC)C=C1. The summed E-state index contributed by atoms with van der Waals surface area (Å²) in [4.78, 5) is 21.6. The molecule has 0 saturated carbocycles. The Morgan fingerprint density at radius 3 is 2.37 bits per heavy atom. The van der Waals surface area contributed by atoms with E-state index in [9.17, 15) is 13.6 Å². The molecule has 9 heteroatoms. The first kappa shape index (κ1) is 30.8. The third-order valence-corrected chi connectivity index (χ3v) is 6.72. The fourth-order valence-corrected chi connectivity index (χ4v) is 3.86. The Balaban J connectivity index is 2.22. The number of amidine groups is 1. The molecule has 2 unspecified atom stereocenters. The Hall–Kier alpha value is -3.43. The lowest BCUT2D eigenvalue weighted by molar-refractivity contribution is 0.0895. The van der Waals surface area contributed by atoms with Crippen molar-refractivity contribution in [2.45, 2.75) is 65.2 Å². The van der Waals surface area contributed by atoms with E-state index in [2.05, 4.69) is 25.9 Å². The van der Waals surface area contributed by atoms with Crippen LogP contribution in [0.5, 0.6) is 0 Å². The topological polar surface area (TPSA) is 104 Å². The highest BCUT2D eigenvalue weighted by molar-refractivity contribution is 6.45. The fraction of sp³-hybridized carbons (Fsp3) is 0.414. The van der Waals surface area contributed by atoms with Crippen molar-refractivity contribution in [2.24, 2.45) is 15.7 Å². The molecule has 0 fully saturated rings. The van der Waals surface area contributed by atoms with Crippen LogP contribution in [0.1, 0.15) is 57.8 Å². The zero-order chi connectivity index (χ0) is 28.3. The van der Waals surface area contributed by atoms with Gasteiger partial charge in [0.05, 0.1) is 17.3 Å². The van der Waals surface area contributed by atoms with Crippen LogP contribution in [0.4, 0.5) is 14.5 Å². The molecule has 1 aromatic rings. The Bertz CT molecular complexity index is 1140. The molecular formula is C29H40F2N6O. The number of hydrogen-bond donors (Lipinski definition) is 4. The van der Waals surface area contributed by atoms with Crippen molar-refractivity contribution in [1.82, 2.24) is 10.6 Å². The van der Waals surface area contributed by atoms with Crippen LogP contribution in [0.2, 0.25) is 0 Å². The predicted octanol–water partition coefficient (Wildman–Crippen LogP) is 5.36. The highest BCUT2D eigenvalue weighted by Gasteiger charge is 2.28. The van der Waals surface area contributed by atoms with Crippen LogP contribution < -0.4 is 21.7 Å². The summed E-state index contributed by atoms with van der Waals surface area (Å²) in [5, 5.41) is 9.01. The van der Waals surface area contributed by atoms with Crippen LogP contribution in [-0.4, -0.2) is 48.8 Å². The predicted molar refractivity (Wildman–Crippen MR) is 154 cm³/mol. The van der Waals surface area contributed by atoms with Crippen LogP contribution >= 0.6 is 0 Å². The van der Waals surface area contributed by atoms with E-state index in [4.69, 9.17) is 5.73 Å². The minimum absolute atomic E-state index is 0.179. The number of nitrogens with two attached hydrogens (primary N) is 1. The summed E-state index contributed by atoms with van der Waals surface area (Å²) in [7, 11) is 1.59. The second kappa shape index (κ2) is 14.5. The molecule has 0 aliphatic heterocycles. The minimum Gasteiger partial charge on any atom is -0.345 e. The summed E-state index contributed by atoms with van der Waals surface area (Å²) in [5.74, 6) is -0.530. The van der Waals surface area contributed by atoms with Crippen LogP contribution in [0.15, 0.2) is 81.9 Å². The lowest BCUT2D eigenvalue weighted by atomic mass is 9.92. The van der Waals surface area contributed by atoms with Crippen molar-refractivity contribution in [3.63, 3.8) is 0 Å². The Morgan fingerprint density at radius 1 is 1.16 bits per heavy atom. The summed E-state index contributed by atoms with van der Waals surface area (Å²) in [5.41, 5.74) is 7.92. The van der Waals surface area contributed by atoms with E-state index in [1.807, 2.05) is 20.8 Å². The molecule has 0 saturated heterocycles. The zero-order valence-corrected chi connectivity index (χ0v) is 23.1. The molecule has 7 nitrogen and oxygen atoms in total. The third kappa shape index (κ3) is 7.79. The van der Waals surface area contributed by atoms with E-state index in [1.54, 1.807) is 69.6 Å². The number of carbonyl (C=O) groups excluding carboxylic acids is 1. The Morgan fingerprint density at radius 2 is 1.82 bits per heavy atom. The first-order valence-corrected chi connectivity index (χ1v) is 12.8. The second-order valence-corrected chi connectivity index (χ2v) is 9.17. The van der Waals surface area contributed by atoms with Crippen molar-refractivity contribution < 1.29 is 13.6 Å². The van der Waals surface area contributed by atoms with Gasteiger partial charge in [0, 0.05) is 35.8 Å². The molecule has 1 aliphatic carbocycles. The number of alkyl halides is 1. The lowest BCUT2D eigenvalue weighted by Gasteiger charge is -2.31. The van der Waals surface area contributed by atoms with E-state index in [1.165, 1.54) is 6.20 Å². The summed E-state index contributed by atoms with van der Waals surface area (Å²) in [6, 6.07) is 6.32. The number of benzene rings is 1. The highest BCUT2D eigenvalue weighted by atomic mass is 19.2. The van der Waals surface area contributed by atoms with Gasteiger partial charge in [0.25, 0.3) is 5.91 Å². The van der Waals surface area contributed by atoms with Gasteiger partial charge in [-0.2, -0.15) is 0 Å². The number of rotatable bonds is 11. The van der Waals surface area contributed by atoms with Gasteiger partial charge in [-0.25, -0.2) is 13.8 Å².